The molecule has 7 aromatic rings. The molecule has 5 heteroatoms. The lowest BCUT2D eigenvalue weighted by molar-refractivity contribution is 0.592. The molecule has 3 nitrogen and oxygen atoms in total. The van der Waals surface area contributed by atoms with E-state index in [4.69, 9.17) is 11.6 Å². The fraction of sp³-hybridized carbons (Fsp3) is 0. The lowest BCUT2D eigenvalue weighted by atomic mass is 10.0. The van der Waals surface area contributed by atoms with Gasteiger partial charge in [0.25, 0.3) is 0 Å². The van der Waals surface area contributed by atoms with Crippen LogP contribution in [-0.4, -0.2) is 4.98 Å². The topological polar surface area (TPSA) is 34.3 Å². The van der Waals surface area contributed by atoms with E-state index in [9.17, 15) is 4.57 Å². The Bertz CT molecular complexity index is 2070. The SMILES string of the molecule is [C-]#[N+]c1c(-c2ccc(P(=O)(c3ccccc3)c3ccccc3)cc2)sc2c1c(-c1ccccc1)nc1ccccc12. The minimum atomic E-state index is -3.08. The van der Waals surface area contributed by atoms with Crippen molar-refractivity contribution in [2.24, 2.45) is 0 Å². The lowest BCUT2D eigenvalue weighted by Crippen LogP contribution is -2.24. The molecule has 0 aliphatic heterocycles. The van der Waals surface area contributed by atoms with E-state index >= 15 is 0 Å². The molecule has 5 aromatic carbocycles. The normalized spacial score (nSPS) is 11.5. The van der Waals surface area contributed by atoms with Crippen molar-refractivity contribution in [2.75, 3.05) is 0 Å². The van der Waals surface area contributed by atoms with Crippen LogP contribution in [0.2, 0.25) is 0 Å². The molecule has 0 saturated carbocycles. The summed E-state index contributed by atoms with van der Waals surface area (Å²) in [5.41, 5.74) is 4.24. The van der Waals surface area contributed by atoms with Gasteiger partial charge in [-0.25, -0.2) is 9.83 Å². The van der Waals surface area contributed by atoms with E-state index < -0.39 is 7.14 Å². The zero-order valence-electron chi connectivity index (χ0n) is 21.9. The van der Waals surface area contributed by atoms with Crippen LogP contribution in [0.4, 0.5) is 5.69 Å². The Kier molecular flexibility index (Phi) is 6.33. The Morgan fingerprint density at radius 2 is 1.15 bits per heavy atom. The Hall–Kier alpha value is -4.81. The molecule has 0 aliphatic rings. The maximum absolute atomic E-state index is 14.8. The van der Waals surface area contributed by atoms with Gasteiger partial charge in [0.05, 0.1) is 17.8 Å². The molecule has 194 valence electrons. The van der Waals surface area contributed by atoms with Crippen LogP contribution in [0, 0.1) is 6.57 Å². The average molecular weight is 563 g/mol. The number of benzene rings is 5. The van der Waals surface area contributed by atoms with Crippen LogP contribution in [0.1, 0.15) is 0 Å². The van der Waals surface area contributed by atoms with Crippen LogP contribution in [0.25, 0.3) is 47.5 Å². The number of thiophene rings is 1. The van der Waals surface area contributed by atoms with Crippen molar-refractivity contribution >= 4 is 61.1 Å². The molecule has 0 bridgehead atoms. The van der Waals surface area contributed by atoms with E-state index in [1.165, 1.54) is 0 Å². The van der Waals surface area contributed by atoms with E-state index in [0.717, 1.165) is 58.6 Å². The third kappa shape index (κ3) is 4.19. The molecular formula is C36H23N2OPS. The van der Waals surface area contributed by atoms with Crippen molar-refractivity contribution in [1.82, 2.24) is 4.98 Å². The summed E-state index contributed by atoms with van der Waals surface area (Å²) < 4.78 is 15.9. The van der Waals surface area contributed by atoms with Crippen LogP contribution >= 0.6 is 18.5 Å². The zero-order chi connectivity index (χ0) is 27.8. The molecular weight excluding hydrogens is 539 g/mol. The minimum Gasteiger partial charge on any atom is -0.309 e. The highest BCUT2D eigenvalue weighted by atomic mass is 32.1. The van der Waals surface area contributed by atoms with Crippen LogP contribution in [0.3, 0.4) is 0 Å². The van der Waals surface area contributed by atoms with Gasteiger partial charge in [0, 0.05) is 36.3 Å². The third-order valence-corrected chi connectivity index (χ3v) is 11.7. The first-order chi connectivity index (χ1) is 20.2. The van der Waals surface area contributed by atoms with E-state index in [-0.39, 0.29) is 0 Å². The van der Waals surface area contributed by atoms with Gasteiger partial charge in [-0.05, 0) is 17.2 Å². The van der Waals surface area contributed by atoms with Crippen LogP contribution in [0.5, 0.6) is 0 Å². The first kappa shape index (κ1) is 25.2. The van der Waals surface area contributed by atoms with Crippen molar-refractivity contribution in [1.29, 1.82) is 0 Å². The molecule has 0 radical (unpaired) electrons. The van der Waals surface area contributed by atoms with Gasteiger partial charge in [-0.2, -0.15) is 0 Å². The zero-order valence-corrected chi connectivity index (χ0v) is 23.6. The lowest BCUT2D eigenvalue weighted by Gasteiger charge is -2.20. The number of hydrogen-bond acceptors (Lipinski definition) is 3. The molecule has 0 fully saturated rings. The first-order valence-corrected chi connectivity index (χ1v) is 15.8. The Labute approximate surface area is 242 Å². The second-order valence-electron chi connectivity index (χ2n) is 9.77. The molecule has 0 N–H and O–H groups in total. The number of fused-ring (bicyclic) bond motifs is 3. The smallest absolute Gasteiger partial charge is 0.215 e. The summed E-state index contributed by atoms with van der Waals surface area (Å²) in [6, 6.07) is 45.5. The Morgan fingerprint density at radius 3 is 1.76 bits per heavy atom. The van der Waals surface area contributed by atoms with E-state index in [1.54, 1.807) is 11.3 Å². The highest BCUT2D eigenvalue weighted by Gasteiger charge is 2.30. The van der Waals surface area contributed by atoms with Crippen LogP contribution in [0.15, 0.2) is 140 Å². The largest absolute Gasteiger partial charge is 0.309 e. The van der Waals surface area contributed by atoms with E-state index in [1.807, 2.05) is 133 Å². The number of para-hydroxylation sites is 1. The average Bonchev–Trinajstić information content (AvgIpc) is 3.45. The number of hydrogen-bond donors (Lipinski definition) is 0. The number of rotatable bonds is 5. The molecule has 0 amide bonds. The molecule has 41 heavy (non-hydrogen) atoms. The fourth-order valence-electron chi connectivity index (χ4n) is 5.42. The predicted octanol–water partition coefficient (Wildman–Crippen LogP) is 8.97. The summed E-state index contributed by atoms with van der Waals surface area (Å²) in [6.07, 6.45) is 0. The third-order valence-electron chi connectivity index (χ3n) is 7.39. The van der Waals surface area contributed by atoms with E-state index in [2.05, 4.69) is 10.9 Å². The summed E-state index contributed by atoms with van der Waals surface area (Å²) in [5, 5.41) is 4.28. The Morgan fingerprint density at radius 1 is 0.610 bits per heavy atom. The summed E-state index contributed by atoms with van der Waals surface area (Å²) in [7, 11) is -3.08. The highest BCUT2D eigenvalue weighted by molar-refractivity contribution is 7.85. The summed E-state index contributed by atoms with van der Waals surface area (Å²) in [4.78, 5) is 9.98. The van der Waals surface area contributed by atoms with Gasteiger partial charge in [0.2, 0.25) is 5.69 Å². The molecule has 0 spiro atoms. The predicted molar refractivity (Wildman–Crippen MR) is 174 cm³/mol. The van der Waals surface area contributed by atoms with Crippen molar-refractivity contribution in [3.05, 3.63) is 151 Å². The van der Waals surface area contributed by atoms with Crippen molar-refractivity contribution in [2.45, 2.75) is 0 Å². The molecule has 2 heterocycles. The molecule has 7 rings (SSSR count). The van der Waals surface area contributed by atoms with Crippen molar-refractivity contribution in [3.8, 4) is 21.7 Å². The van der Waals surface area contributed by atoms with Gasteiger partial charge in [-0.15, -0.1) is 11.3 Å². The van der Waals surface area contributed by atoms with Gasteiger partial charge in [-0.1, -0.05) is 133 Å². The number of nitrogens with zero attached hydrogens (tertiary/aromatic N) is 2. The number of aromatic nitrogens is 1. The first-order valence-electron chi connectivity index (χ1n) is 13.3. The molecule has 0 saturated heterocycles. The van der Waals surface area contributed by atoms with Gasteiger partial charge in [0.15, 0.2) is 7.14 Å². The van der Waals surface area contributed by atoms with Gasteiger partial charge in [-0.3, -0.25) is 0 Å². The minimum absolute atomic E-state index is 0.601. The summed E-state index contributed by atoms with van der Waals surface area (Å²) >= 11 is 1.62. The monoisotopic (exact) mass is 562 g/mol. The summed E-state index contributed by atoms with van der Waals surface area (Å²) in [5.74, 6) is 0. The second-order valence-corrected chi connectivity index (χ2v) is 13.6. The Balaban J connectivity index is 1.43. The standard InChI is InChI=1S/C36H23N2OPS/c1-37-34-32-33(25-13-5-2-6-14-25)38-31-20-12-11-19-30(31)36(32)41-35(34)26-21-23-29(24-22-26)40(39,27-15-7-3-8-16-27)28-17-9-4-10-18-28/h2-24H. The fourth-order valence-corrected chi connectivity index (χ4v) is 9.35. The van der Waals surface area contributed by atoms with Crippen LogP contribution in [-0.2, 0) is 4.57 Å². The molecule has 0 aliphatic carbocycles. The summed E-state index contributed by atoms with van der Waals surface area (Å²) in [6.45, 7) is 8.23. The van der Waals surface area contributed by atoms with Gasteiger partial charge in [0.1, 0.15) is 0 Å². The quantitative estimate of drug-likeness (QED) is 0.155. The molecule has 0 unspecified atom stereocenters. The number of pyridine rings is 1. The maximum atomic E-state index is 14.8. The maximum Gasteiger partial charge on any atom is 0.215 e. The van der Waals surface area contributed by atoms with Crippen molar-refractivity contribution < 1.29 is 4.57 Å². The van der Waals surface area contributed by atoms with Gasteiger partial charge >= 0.3 is 0 Å². The molecule has 2 aromatic heterocycles. The van der Waals surface area contributed by atoms with E-state index in [0.29, 0.717) is 5.69 Å². The van der Waals surface area contributed by atoms with Crippen molar-refractivity contribution in [3.63, 3.8) is 0 Å². The van der Waals surface area contributed by atoms with Gasteiger partial charge < -0.3 is 4.57 Å². The molecule has 0 atom stereocenters. The highest BCUT2D eigenvalue weighted by Crippen LogP contribution is 2.50. The van der Waals surface area contributed by atoms with Crippen LogP contribution < -0.4 is 15.9 Å². The second kappa shape index (κ2) is 10.3.